The largest absolute Gasteiger partial charge is 0.496 e. The zero-order valence-corrected chi connectivity index (χ0v) is 10.4. The van der Waals surface area contributed by atoms with Gasteiger partial charge in [0.1, 0.15) is 5.75 Å². The van der Waals surface area contributed by atoms with Crippen molar-refractivity contribution in [2.45, 2.75) is 25.5 Å². The molecule has 0 spiro atoms. The molecule has 1 rings (SSSR count). The van der Waals surface area contributed by atoms with E-state index in [9.17, 15) is 0 Å². The minimum Gasteiger partial charge on any atom is -0.496 e. The van der Waals surface area contributed by atoms with Crippen LogP contribution in [0, 0.1) is 6.92 Å². The van der Waals surface area contributed by atoms with Gasteiger partial charge in [-0.25, -0.2) is 0 Å². The van der Waals surface area contributed by atoms with Crippen LogP contribution >= 0.6 is 11.8 Å². The lowest BCUT2D eigenvalue weighted by molar-refractivity contribution is 0.405. The molecule has 0 N–H and O–H groups in total. The molecule has 0 atom stereocenters. The minimum atomic E-state index is 0.110. The van der Waals surface area contributed by atoms with Gasteiger partial charge in [-0.3, -0.25) is 0 Å². The van der Waals surface area contributed by atoms with Crippen LogP contribution in [0.1, 0.15) is 25.0 Å². The first-order valence-corrected chi connectivity index (χ1v) is 5.94. The summed E-state index contributed by atoms with van der Waals surface area (Å²) in [5, 5.41) is 0. The molecule has 0 amide bonds. The summed E-state index contributed by atoms with van der Waals surface area (Å²) in [5.74, 6) is 0.990. The van der Waals surface area contributed by atoms with Gasteiger partial charge in [0.05, 0.1) is 7.11 Å². The van der Waals surface area contributed by atoms with E-state index in [1.54, 1.807) is 7.11 Å². The Balaban J connectivity index is 3.20. The molecular weight excluding hydrogens is 192 g/mol. The minimum absolute atomic E-state index is 0.110. The molecule has 0 aliphatic carbocycles. The van der Waals surface area contributed by atoms with Gasteiger partial charge in [0.15, 0.2) is 0 Å². The van der Waals surface area contributed by atoms with Crippen LogP contribution in [0.2, 0.25) is 0 Å². The van der Waals surface area contributed by atoms with Crippen LogP contribution in [0.15, 0.2) is 18.2 Å². The Morgan fingerprint density at radius 1 is 1.29 bits per heavy atom. The maximum atomic E-state index is 5.40. The van der Waals surface area contributed by atoms with Gasteiger partial charge in [-0.1, -0.05) is 12.1 Å². The molecule has 78 valence electrons. The lowest BCUT2D eigenvalue weighted by atomic mass is 9.99. The lowest BCUT2D eigenvalue weighted by Crippen LogP contribution is -2.12. The number of hydrogen-bond donors (Lipinski definition) is 0. The standard InChI is InChI=1S/C12H18OS/c1-9-6-7-10(11(8-9)13-4)12(2,3)14-5/h6-8H,1-5H3. The fourth-order valence-electron chi connectivity index (χ4n) is 1.41. The summed E-state index contributed by atoms with van der Waals surface area (Å²) in [7, 11) is 1.73. The normalized spacial score (nSPS) is 11.5. The molecular formula is C12H18OS. The zero-order chi connectivity index (χ0) is 10.8. The number of benzene rings is 1. The van der Waals surface area contributed by atoms with Gasteiger partial charge in [-0.15, -0.1) is 0 Å². The van der Waals surface area contributed by atoms with E-state index in [1.807, 2.05) is 11.8 Å². The number of thioether (sulfide) groups is 1. The van der Waals surface area contributed by atoms with Gasteiger partial charge < -0.3 is 4.74 Å². The van der Waals surface area contributed by atoms with E-state index in [-0.39, 0.29) is 4.75 Å². The first kappa shape index (κ1) is 11.4. The van der Waals surface area contributed by atoms with Crippen LogP contribution < -0.4 is 4.74 Å². The van der Waals surface area contributed by atoms with Gasteiger partial charge in [0.25, 0.3) is 0 Å². The topological polar surface area (TPSA) is 9.23 Å². The monoisotopic (exact) mass is 210 g/mol. The van der Waals surface area contributed by atoms with E-state index in [1.165, 1.54) is 11.1 Å². The Morgan fingerprint density at radius 3 is 2.43 bits per heavy atom. The third-order valence-corrected chi connectivity index (χ3v) is 3.76. The second-order valence-electron chi connectivity index (χ2n) is 3.92. The van der Waals surface area contributed by atoms with E-state index in [2.05, 4.69) is 45.2 Å². The van der Waals surface area contributed by atoms with Crippen molar-refractivity contribution >= 4 is 11.8 Å². The van der Waals surface area contributed by atoms with Gasteiger partial charge in [0.2, 0.25) is 0 Å². The fourth-order valence-corrected chi connectivity index (χ4v) is 1.79. The molecule has 0 saturated carbocycles. The van der Waals surface area contributed by atoms with Crippen molar-refractivity contribution in [3.05, 3.63) is 29.3 Å². The molecule has 0 bridgehead atoms. The Labute approximate surface area is 90.9 Å². The quantitative estimate of drug-likeness (QED) is 0.754. The summed E-state index contributed by atoms with van der Waals surface area (Å²) >= 11 is 1.84. The van der Waals surface area contributed by atoms with Crippen molar-refractivity contribution in [2.75, 3.05) is 13.4 Å². The summed E-state index contributed by atoms with van der Waals surface area (Å²) in [4.78, 5) is 0. The van der Waals surface area contributed by atoms with Crippen molar-refractivity contribution < 1.29 is 4.74 Å². The molecule has 0 radical (unpaired) electrons. The molecule has 0 aliphatic rings. The molecule has 0 aliphatic heterocycles. The van der Waals surface area contributed by atoms with Gasteiger partial charge >= 0.3 is 0 Å². The molecule has 1 aromatic rings. The van der Waals surface area contributed by atoms with Gasteiger partial charge in [0, 0.05) is 10.3 Å². The van der Waals surface area contributed by atoms with Crippen LogP contribution in [0.3, 0.4) is 0 Å². The van der Waals surface area contributed by atoms with E-state index in [0.717, 1.165) is 5.75 Å². The predicted octanol–water partition coefficient (Wildman–Crippen LogP) is 3.60. The third-order valence-electron chi connectivity index (χ3n) is 2.52. The first-order valence-electron chi connectivity index (χ1n) is 4.71. The number of rotatable bonds is 3. The summed E-state index contributed by atoms with van der Waals surface area (Å²) in [6.07, 6.45) is 2.12. The molecule has 0 fully saturated rings. The van der Waals surface area contributed by atoms with Crippen molar-refractivity contribution in [2.24, 2.45) is 0 Å². The van der Waals surface area contributed by atoms with Crippen molar-refractivity contribution in [3.63, 3.8) is 0 Å². The molecule has 14 heavy (non-hydrogen) atoms. The number of ether oxygens (including phenoxy) is 1. The highest BCUT2D eigenvalue weighted by molar-refractivity contribution is 7.99. The van der Waals surface area contributed by atoms with Crippen molar-refractivity contribution in [3.8, 4) is 5.75 Å². The number of methoxy groups -OCH3 is 1. The molecule has 1 nitrogen and oxygen atoms in total. The van der Waals surface area contributed by atoms with E-state index in [0.29, 0.717) is 0 Å². The maximum absolute atomic E-state index is 5.40. The highest BCUT2D eigenvalue weighted by Crippen LogP contribution is 2.39. The smallest absolute Gasteiger partial charge is 0.123 e. The fraction of sp³-hybridized carbons (Fsp3) is 0.500. The van der Waals surface area contributed by atoms with E-state index >= 15 is 0 Å². The first-order chi connectivity index (χ1) is 6.51. The van der Waals surface area contributed by atoms with E-state index in [4.69, 9.17) is 4.74 Å². The Kier molecular flexibility index (Phi) is 3.48. The second kappa shape index (κ2) is 4.26. The summed E-state index contributed by atoms with van der Waals surface area (Å²) < 4.78 is 5.51. The molecule has 0 aromatic heterocycles. The zero-order valence-electron chi connectivity index (χ0n) is 9.55. The van der Waals surface area contributed by atoms with Crippen LogP contribution in [-0.4, -0.2) is 13.4 Å². The van der Waals surface area contributed by atoms with Crippen molar-refractivity contribution in [1.82, 2.24) is 0 Å². The summed E-state index contributed by atoms with van der Waals surface area (Å²) in [6, 6.07) is 6.38. The van der Waals surface area contributed by atoms with Crippen LogP contribution in [-0.2, 0) is 4.75 Å². The Hall–Kier alpha value is -0.630. The predicted molar refractivity (Wildman–Crippen MR) is 64.3 cm³/mol. The maximum Gasteiger partial charge on any atom is 0.123 e. The molecule has 2 heteroatoms. The number of aryl methyl sites for hydroxylation is 1. The Morgan fingerprint density at radius 2 is 1.93 bits per heavy atom. The van der Waals surface area contributed by atoms with Crippen LogP contribution in [0.5, 0.6) is 5.75 Å². The number of hydrogen-bond acceptors (Lipinski definition) is 2. The average Bonchev–Trinajstić information content (AvgIpc) is 2.17. The molecule has 0 heterocycles. The van der Waals surface area contributed by atoms with Crippen molar-refractivity contribution in [1.29, 1.82) is 0 Å². The molecule has 0 saturated heterocycles. The lowest BCUT2D eigenvalue weighted by Gasteiger charge is -2.25. The third kappa shape index (κ3) is 2.24. The Bertz CT molecular complexity index is 318. The van der Waals surface area contributed by atoms with Gasteiger partial charge in [-0.05, 0) is 38.7 Å². The van der Waals surface area contributed by atoms with Gasteiger partial charge in [-0.2, -0.15) is 11.8 Å². The van der Waals surface area contributed by atoms with E-state index < -0.39 is 0 Å². The SMILES string of the molecule is COc1cc(C)ccc1C(C)(C)SC. The highest BCUT2D eigenvalue weighted by Gasteiger charge is 2.22. The summed E-state index contributed by atoms with van der Waals surface area (Å²) in [5.41, 5.74) is 2.50. The summed E-state index contributed by atoms with van der Waals surface area (Å²) in [6.45, 7) is 6.51. The second-order valence-corrected chi connectivity index (χ2v) is 5.35. The molecule has 0 unspecified atom stereocenters. The van der Waals surface area contributed by atoms with Crippen LogP contribution in [0.4, 0.5) is 0 Å². The van der Waals surface area contributed by atoms with Crippen LogP contribution in [0.25, 0.3) is 0 Å². The molecule has 1 aromatic carbocycles. The average molecular weight is 210 g/mol. The highest BCUT2D eigenvalue weighted by atomic mass is 32.2.